The third kappa shape index (κ3) is 3.76. The molecular weight excluding hydrogens is 342 g/mol. The monoisotopic (exact) mass is 371 g/mol. The average molecular weight is 371 g/mol. The number of hydrogen-bond donors (Lipinski definition) is 0. The summed E-state index contributed by atoms with van der Waals surface area (Å²) in [7, 11) is 3.99. The van der Waals surface area contributed by atoms with E-state index < -0.39 is 0 Å². The molecule has 2 aliphatic rings. The molecule has 8 heteroatoms. The van der Waals surface area contributed by atoms with Crippen LogP contribution in [0.2, 0.25) is 0 Å². The molecule has 0 bridgehead atoms. The fraction of sp³-hybridized carbons (Fsp3) is 0.684. The molecular formula is C19H29N7O. The largest absolute Gasteiger partial charge is 0.361 e. The zero-order valence-corrected chi connectivity index (χ0v) is 16.5. The van der Waals surface area contributed by atoms with Crippen molar-refractivity contribution in [3.05, 3.63) is 18.0 Å². The number of likely N-dealkylation sites (tertiary alicyclic amines) is 2. The first-order chi connectivity index (χ1) is 13.0. The predicted molar refractivity (Wildman–Crippen MR) is 104 cm³/mol. The molecule has 0 aliphatic carbocycles. The molecule has 2 saturated heterocycles. The number of aromatic nitrogens is 4. The molecule has 1 unspecified atom stereocenters. The molecule has 4 heterocycles. The van der Waals surface area contributed by atoms with Crippen molar-refractivity contribution in [2.45, 2.75) is 32.1 Å². The quantitative estimate of drug-likeness (QED) is 0.805. The van der Waals surface area contributed by atoms with Gasteiger partial charge in [0.2, 0.25) is 5.91 Å². The van der Waals surface area contributed by atoms with E-state index in [2.05, 4.69) is 15.1 Å². The van der Waals surface area contributed by atoms with Crippen LogP contribution in [0.1, 0.15) is 37.9 Å². The van der Waals surface area contributed by atoms with E-state index in [-0.39, 0.29) is 5.91 Å². The molecule has 1 atom stereocenters. The van der Waals surface area contributed by atoms with Crippen molar-refractivity contribution >= 4 is 17.4 Å². The first-order valence-corrected chi connectivity index (χ1v) is 9.89. The number of fused-ring (bicyclic) bond motifs is 1. The van der Waals surface area contributed by atoms with Crippen molar-refractivity contribution < 1.29 is 4.79 Å². The summed E-state index contributed by atoms with van der Waals surface area (Å²) in [6, 6.07) is 3.96. The maximum atomic E-state index is 11.5. The zero-order valence-electron chi connectivity index (χ0n) is 16.5. The molecule has 2 fully saturated rings. The lowest BCUT2D eigenvalue weighted by Gasteiger charge is -2.32. The van der Waals surface area contributed by atoms with E-state index in [1.165, 1.54) is 0 Å². The van der Waals surface area contributed by atoms with Crippen molar-refractivity contribution in [2.75, 3.05) is 51.7 Å². The number of carbonyl (C=O) groups is 1. The van der Waals surface area contributed by atoms with Crippen LogP contribution in [-0.2, 0) is 4.79 Å². The minimum atomic E-state index is 0.208. The van der Waals surface area contributed by atoms with E-state index in [0.29, 0.717) is 11.8 Å². The Bertz CT molecular complexity index is 809. The Kier molecular flexibility index (Phi) is 4.99. The number of hydrogen-bond acceptors (Lipinski definition) is 6. The Balaban J connectivity index is 1.37. The molecule has 2 aliphatic heterocycles. The molecule has 4 rings (SSSR count). The number of anilines is 1. The van der Waals surface area contributed by atoms with Crippen LogP contribution in [0.15, 0.2) is 12.1 Å². The lowest BCUT2D eigenvalue weighted by Crippen LogP contribution is -2.38. The smallest absolute Gasteiger partial charge is 0.219 e. The van der Waals surface area contributed by atoms with Crippen molar-refractivity contribution in [3.8, 4) is 0 Å². The Hall–Kier alpha value is -2.22. The summed E-state index contributed by atoms with van der Waals surface area (Å²) in [6.45, 7) is 6.75. The second kappa shape index (κ2) is 7.42. The van der Waals surface area contributed by atoms with Gasteiger partial charge in [-0.05, 0) is 50.4 Å². The Morgan fingerprint density at radius 1 is 1.15 bits per heavy atom. The van der Waals surface area contributed by atoms with Crippen LogP contribution in [0.3, 0.4) is 0 Å². The van der Waals surface area contributed by atoms with Crippen LogP contribution in [0.5, 0.6) is 0 Å². The Morgan fingerprint density at radius 2 is 1.93 bits per heavy atom. The summed E-state index contributed by atoms with van der Waals surface area (Å²) in [5, 5.41) is 13.5. The van der Waals surface area contributed by atoms with E-state index >= 15 is 0 Å². The second-order valence-electron chi connectivity index (χ2n) is 8.11. The number of carbonyl (C=O) groups excluding carboxylic acids is 1. The van der Waals surface area contributed by atoms with Gasteiger partial charge in [-0.15, -0.1) is 15.3 Å². The van der Waals surface area contributed by atoms with Gasteiger partial charge >= 0.3 is 0 Å². The lowest BCUT2D eigenvalue weighted by molar-refractivity contribution is -0.127. The number of amides is 1. The molecule has 0 N–H and O–H groups in total. The lowest BCUT2D eigenvalue weighted by atomic mass is 9.95. The summed E-state index contributed by atoms with van der Waals surface area (Å²) in [4.78, 5) is 18.0. The molecule has 8 nitrogen and oxygen atoms in total. The Morgan fingerprint density at radius 3 is 2.59 bits per heavy atom. The van der Waals surface area contributed by atoms with Gasteiger partial charge in [0.25, 0.3) is 0 Å². The predicted octanol–water partition coefficient (Wildman–Crippen LogP) is 1.24. The van der Waals surface area contributed by atoms with E-state index in [0.717, 1.165) is 69.3 Å². The van der Waals surface area contributed by atoms with Gasteiger partial charge in [-0.25, -0.2) is 0 Å². The molecule has 0 spiro atoms. The minimum absolute atomic E-state index is 0.208. The molecule has 0 radical (unpaired) electrons. The number of piperidine rings is 1. The number of nitrogens with zero attached hydrogens (tertiary/aromatic N) is 7. The van der Waals surface area contributed by atoms with Gasteiger partial charge in [0.1, 0.15) is 5.82 Å². The van der Waals surface area contributed by atoms with Crippen LogP contribution < -0.4 is 4.90 Å². The summed E-state index contributed by atoms with van der Waals surface area (Å²) in [5.74, 6) is 3.12. The summed E-state index contributed by atoms with van der Waals surface area (Å²) >= 11 is 0. The minimum Gasteiger partial charge on any atom is -0.361 e. The van der Waals surface area contributed by atoms with Crippen molar-refractivity contribution in [1.82, 2.24) is 29.6 Å². The van der Waals surface area contributed by atoms with E-state index in [1.807, 2.05) is 40.5 Å². The molecule has 0 aromatic carbocycles. The van der Waals surface area contributed by atoms with Gasteiger partial charge < -0.3 is 14.7 Å². The van der Waals surface area contributed by atoms with Crippen LogP contribution in [0.25, 0.3) is 5.65 Å². The molecule has 2 aromatic heterocycles. The molecule has 2 aromatic rings. The van der Waals surface area contributed by atoms with Crippen LogP contribution in [0, 0.1) is 5.92 Å². The van der Waals surface area contributed by atoms with Gasteiger partial charge in [0.05, 0.1) is 0 Å². The van der Waals surface area contributed by atoms with Gasteiger partial charge in [0.15, 0.2) is 11.5 Å². The average Bonchev–Trinajstić information content (AvgIpc) is 3.29. The maximum Gasteiger partial charge on any atom is 0.219 e. The van der Waals surface area contributed by atoms with Crippen LogP contribution >= 0.6 is 0 Å². The standard InChI is InChI=1S/C19H29N7O/c1-14(27)25-11-6-15(13-25)12-24-9-7-16(8-10-24)19-21-20-17-4-5-18(23(2)3)22-26(17)19/h4-5,15-16H,6-13H2,1-3H3. The van der Waals surface area contributed by atoms with E-state index in [1.54, 1.807) is 6.92 Å². The van der Waals surface area contributed by atoms with Gasteiger partial charge in [0, 0.05) is 46.6 Å². The molecule has 0 saturated carbocycles. The van der Waals surface area contributed by atoms with Crippen LogP contribution in [-0.4, -0.2) is 82.3 Å². The van der Waals surface area contributed by atoms with E-state index in [4.69, 9.17) is 5.10 Å². The highest BCUT2D eigenvalue weighted by molar-refractivity contribution is 5.73. The summed E-state index contributed by atoms with van der Waals surface area (Å²) in [6.07, 6.45) is 3.29. The van der Waals surface area contributed by atoms with Crippen LogP contribution in [0.4, 0.5) is 5.82 Å². The van der Waals surface area contributed by atoms with Crippen molar-refractivity contribution in [2.24, 2.45) is 5.92 Å². The highest BCUT2D eigenvalue weighted by Gasteiger charge is 2.29. The van der Waals surface area contributed by atoms with Gasteiger partial charge in [-0.3, -0.25) is 4.79 Å². The highest BCUT2D eigenvalue weighted by Crippen LogP contribution is 2.28. The normalized spacial score (nSPS) is 21.9. The third-order valence-electron chi connectivity index (χ3n) is 5.93. The van der Waals surface area contributed by atoms with E-state index in [9.17, 15) is 4.79 Å². The maximum absolute atomic E-state index is 11.5. The molecule has 27 heavy (non-hydrogen) atoms. The Labute approximate surface area is 160 Å². The zero-order chi connectivity index (χ0) is 19.0. The summed E-state index contributed by atoms with van der Waals surface area (Å²) < 4.78 is 1.91. The fourth-order valence-corrected chi connectivity index (χ4v) is 4.30. The van der Waals surface area contributed by atoms with Crippen molar-refractivity contribution in [3.63, 3.8) is 0 Å². The first-order valence-electron chi connectivity index (χ1n) is 9.89. The first kappa shape index (κ1) is 18.2. The molecule has 146 valence electrons. The molecule has 1 amide bonds. The van der Waals surface area contributed by atoms with Gasteiger partial charge in [-0.2, -0.15) is 4.52 Å². The highest BCUT2D eigenvalue weighted by atomic mass is 16.2. The number of rotatable bonds is 4. The SMILES string of the molecule is CC(=O)N1CCC(CN2CCC(c3nnc4ccc(N(C)C)nn34)CC2)C1. The van der Waals surface area contributed by atoms with Gasteiger partial charge in [-0.1, -0.05) is 0 Å². The van der Waals surface area contributed by atoms with Crippen molar-refractivity contribution in [1.29, 1.82) is 0 Å². The third-order valence-corrected chi connectivity index (χ3v) is 5.93. The summed E-state index contributed by atoms with van der Waals surface area (Å²) in [5.41, 5.74) is 0.813. The fourth-order valence-electron chi connectivity index (χ4n) is 4.30. The second-order valence-corrected chi connectivity index (χ2v) is 8.11. The topological polar surface area (TPSA) is 69.9 Å².